The number of rotatable bonds is 5. The highest BCUT2D eigenvalue weighted by Crippen LogP contribution is 2.89. The van der Waals surface area contributed by atoms with Crippen molar-refractivity contribution in [3.8, 4) is 11.5 Å². The monoisotopic (exact) mass is 343 g/mol. The number of ether oxygens (including phenoxy) is 4. The summed E-state index contributed by atoms with van der Waals surface area (Å²) < 4.78 is 23.1. The normalized spacial score (nSPS) is 44.1. The van der Waals surface area contributed by atoms with Gasteiger partial charge in [-0.1, -0.05) is 6.07 Å². The molecule has 25 heavy (non-hydrogen) atoms. The highest BCUT2D eigenvalue weighted by Gasteiger charge is 2.99. The van der Waals surface area contributed by atoms with Crippen LogP contribution in [0.5, 0.6) is 11.5 Å². The van der Waals surface area contributed by atoms with Crippen LogP contribution in [0.3, 0.4) is 0 Å². The molecule has 6 rings (SSSR count). The molecule has 0 bridgehead atoms. The summed E-state index contributed by atoms with van der Waals surface area (Å²) in [5.74, 6) is 2.91. The molecule has 6 nitrogen and oxygen atoms in total. The van der Waals surface area contributed by atoms with Crippen molar-refractivity contribution in [2.75, 3.05) is 20.8 Å². The average molecular weight is 343 g/mol. The topological polar surface area (TPSA) is 60.2 Å². The maximum atomic E-state index is 10.6. The number of fused-ring (bicyclic) bond motifs is 1. The molecule has 2 fully saturated rings. The summed E-state index contributed by atoms with van der Waals surface area (Å²) in [4.78, 5) is 2.13. The van der Waals surface area contributed by atoms with Crippen LogP contribution in [-0.4, -0.2) is 49.4 Å². The molecule has 5 unspecified atom stereocenters. The molecule has 0 amide bonds. The Balaban J connectivity index is 1.56. The van der Waals surface area contributed by atoms with E-state index in [0.29, 0.717) is 18.6 Å². The predicted octanol–water partition coefficient (Wildman–Crippen LogP) is 1.46. The van der Waals surface area contributed by atoms with Gasteiger partial charge in [0.25, 0.3) is 0 Å². The zero-order valence-electron chi connectivity index (χ0n) is 14.5. The van der Waals surface area contributed by atoms with Gasteiger partial charge >= 0.3 is 0 Å². The highest BCUT2D eigenvalue weighted by atomic mass is 16.6. The zero-order valence-corrected chi connectivity index (χ0v) is 14.5. The van der Waals surface area contributed by atoms with Crippen molar-refractivity contribution in [3.05, 3.63) is 35.1 Å². The van der Waals surface area contributed by atoms with Gasteiger partial charge in [0, 0.05) is 18.2 Å². The van der Waals surface area contributed by atoms with Crippen LogP contribution in [0.15, 0.2) is 24.0 Å². The summed E-state index contributed by atoms with van der Waals surface area (Å²) in [6.45, 7) is 2.39. The lowest BCUT2D eigenvalue weighted by atomic mass is 9.36. The Morgan fingerprint density at radius 1 is 1.36 bits per heavy atom. The van der Waals surface area contributed by atoms with Crippen LogP contribution in [0.2, 0.25) is 0 Å². The minimum absolute atomic E-state index is 0.144. The summed E-state index contributed by atoms with van der Waals surface area (Å²) >= 11 is 0. The fourth-order valence-electron chi connectivity index (χ4n) is 6.53. The molecule has 0 aromatic heterocycles. The molecular weight excluding hydrogens is 322 g/mol. The smallest absolute Gasteiger partial charge is 0.217 e. The third-order valence-corrected chi connectivity index (χ3v) is 7.10. The number of benzene rings is 1. The van der Waals surface area contributed by atoms with E-state index in [2.05, 4.69) is 17.0 Å². The number of methoxy groups -OCH3 is 2. The van der Waals surface area contributed by atoms with Crippen LogP contribution < -0.4 is 9.47 Å². The van der Waals surface area contributed by atoms with E-state index in [1.54, 1.807) is 14.2 Å². The van der Waals surface area contributed by atoms with Crippen molar-refractivity contribution in [1.82, 2.24) is 4.90 Å². The lowest BCUT2D eigenvalue weighted by Crippen LogP contribution is -2.72. The molecule has 2 spiro atoms. The fourth-order valence-corrected chi connectivity index (χ4v) is 6.53. The second-order valence-electron chi connectivity index (χ2n) is 7.44. The Morgan fingerprint density at radius 2 is 2.20 bits per heavy atom. The highest BCUT2D eigenvalue weighted by molar-refractivity contribution is 5.79. The molecule has 1 N–H and O–H groups in total. The Labute approximate surface area is 145 Å². The van der Waals surface area contributed by atoms with Crippen LogP contribution in [0, 0.1) is 5.92 Å². The summed E-state index contributed by atoms with van der Waals surface area (Å²) in [5, 5.41) is 10.6. The summed E-state index contributed by atoms with van der Waals surface area (Å²) in [6, 6.07) is 4.40. The van der Waals surface area contributed by atoms with Crippen molar-refractivity contribution < 1.29 is 24.1 Å². The Kier molecular flexibility index (Phi) is 2.39. The van der Waals surface area contributed by atoms with Gasteiger partial charge < -0.3 is 24.1 Å². The minimum atomic E-state index is -0.874. The second kappa shape index (κ2) is 4.14. The zero-order chi connectivity index (χ0) is 17.1. The van der Waals surface area contributed by atoms with Crippen molar-refractivity contribution in [1.29, 1.82) is 0 Å². The van der Waals surface area contributed by atoms with E-state index in [0.717, 1.165) is 23.7 Å². The standard InChI is InChI=1S/C19H21NO5/c1-4-24-17(21)20-15-10-6-8-12(23-3)16-18(10)13-9(19(15,18)20)5-7-11(22-2)14(13)25-16/h5,7-8,10,15-17,21H,4,6H2,1-3H3/t10?,15?,16-,17?,18?,19-,20?/m0/s1. The van der Waals surface area contributed by atoms with Crippen LogP contribution in [0.4, 0.5) is 0 Å². The molecule has 132 valence electrons. The van der Waals surface area contributed by atoms with Crippen molar-refractivity contribution in [2.24, 2.45) is 5.92 Å². The van der Waals surface area contributed by atoms with Gasteiger partial charge in [-0.3, -0.25) is 0 Å². The quantitative estimate of drug-likeness (QED) is 0.645. The van der Waals surface area contributed by atoms with Gasteiger partial charge in [0.1, 0.15) is 5.76 Å². The largest absolute Gasteiger partial charge is 0.497 e. The Hall–Kier alpha value is -1.76. The molecular formula is C19H21NO5. The number of likely N-dealkylation sites (tertiary alicyclic amines) is 1. The summed E-state index contributed by atoms with van der Waals surface area (Å²) in [6.07, 6.45) is 2.05. The Morgan fingerprint density at radius 3 is 2.92 bits per heavy atom. The molecule has 2 aliphatic heterocycles. The summed E-state index contributed by atoms with van der Waals surface area (Å²) in [5.41, 5.74) is 2.19. The molecule has 1 saturated carbocycles. The van der Waals surface area contributed by atoms with Crippen LogP contribution >= 0.6 is 0 Å². The summed E-state index contributed by atoms with van der Waals surface area (Å²) in [7, 11) is 3.38. The first-order valence-corrected chi connectivity index (χ1v) is 8.90. The van der Waals surface area contributed by atoms with Gasteiger partial charge in [-0.05, 0) is 37.0 Å². The predicted molar refractivity (Wildman–Crippen MR) is 87.2 cm³/mol. The minimum Gasteiger partial charge on any atom is -0.497 e. The van der Waals surface area contributed by atoms with Gasteiger partial charge in [0.15, 0.2) is 17.6 Å². The van der Waals surface area contributed by atoms with Crippen molar-refractivity contribution in [3.63, 3.8) is 0 Å². The third-order valence-electron chi connectivity index (χ3n) is 7.10. The van der Waals surface area contributed by atoms with Gasteiger partial charge in [-0.25, -0.2) is 4.90 Å². The molecule has 5 aliphatic rings. The fraction of sp³-hybridized carbons (Fsp3) is 0.579. The number of hydrogen-bond acceptors (Lipinski definition) is 6. The first-order chi connectivity index (χ1) is 12.2. The van der Waals surface area contributed by atoms with Crippen molar-refractivity contribution in [2.45, 2.75) is 42.9 Å². The lowest BCUT2D eigenvalue weighted by molar-refractivity contribution is -0.167. The first-order valence-electron chi connectivity index (χ1n) is 8.90. The van der Waals surface area contributed by atoms with Gasteiger partial charge in [-0.2, -0.15) is 0 Å². The van der Waals surface area contributed by atoms with Crippen LogP contribution in [0.1, 0.15) is 24.5 Å². The van der Waals surface area contributed by atoms with Gasteiger partial charge in [-0.15, -0.1) is 0 Å². The van der Waals surface area contributed by atoms with Crippen LogP contribution in [-0.2, 0) is 20.4 Å². The molecule has 0 radical (unpaired) electrons. The van der Waals surface area contributed by atoms with E-state index in [4.69, 9.17) is 18.9 Å². The SMILES string of the molecule is CCOC(O)N1C2C3CC=C(OC)[C@@H]4Oc5c(OC)ccc6c5C34[C@]621. The number of aliphatic hydroxyl groups is 1. The van der Waals surface area contributed by atoms with Gasteiger partial charge in [0.2, 0.25) is 6.41 Å². The van der Waals surface area contributed by atoms with Crippen molar-refractivity contribution >= 4 is 0 Å². The van der Waals surface area contributed by atoms with E-state index in [1.807, 2.05) is 13.0 Å². The van der Waals surface area contributed by atoms with Gasteiger partial charge in [0.05, 0.1) is 25.2 Å². The second-order valence-corrected chi connectivity index (χ2v) is 7.44. The van der Waals surface area contributed by atoms with E-state index in [9.17, 15) is 5.11 Å². The molecule has 1 aromatic carbocycles. The molecule has 2 heterocycles. The number of hydrogen-bond donors (Lipinski definition) is 1. The first kappa shape index (κ1) is 14.4. The third kappa shape index (κ3) is 1.12. The molecule has 1 saturated heterocycles. The lowest BCUT2D eigenvalue weighted by Gasteiger charge is -2.62. The number of nitrogens with zero attached hydrogens (tertiary/aromatic N) is 1. The molecule has 3 aliphatic carbocycles. The van der Waals surface area contributed by atoms with Crippen LogP contribution in [0.25, 0.3) is 0 Å². The molecule has 6 heteroatoms. The van der Waals surface area contributed by atoms with E-state index < -0.39 is 6.41 Å². The number of allylic oxidation sites excluding steroid dienone is 1. The number of aliphatic hydroxyl groups excluding tert-OH is 1. The molecule has 1 aromatic rings. The van der Waals surface area contributed by atoms with E-state index in [1.165, 1.54) is 11.1 Å². The Bertz CT molecular complexity index is 837. The maximum Gasteiger partial charge on any atom is 0.217 e. The maximum absolute atomic E-state index is 10.6. The molecule has 7 atom stereocenters. The average Bonchev–Trinajstić information content (AvgIpc) is 3.16. The van der Waals surface area contributed by atoms with E-state index in [-0.39, 0.29) is 17.1 Å². The van der Waals surface area contributed by atoms with E-state index >= 15 is 0 Å².